The van der Waals surface area contributed by atoms with Crippen molar-refractivity contribution in [2.45, 2.75) is 12.1 Å². The highest BCUT2D eigenvalue weighted by Gasteiger charge is 2.55. The third kappa shape index (κ3) is 2.67. The second kappa shape index (κ2) is 6.35. The topological polar surface area (TPSA) is 83.8 Å². The van der Waals surface area contributed by atoms with Crippen LogP contribution >= 0.6 is 0 Å². The predicted octanol–water partition coefficient (Wildman–Crippen LogP) is 2.34. The van der Waals surface area contributed by atoms with E-state index >= 15 is 0 Å². The summed E-state index contributed by atoms with van der Waals surface area (Å²) in [5, 5.41) is 9.35. The van der Waals surface area contributed by atoms with Gasteiger partial charge >= 0.3 is 0 Å². The fraction of sp³-hybridized carbons (Fsp3) is 0.222. The number of methoxy groups -OCH3 is 2. The first kappa shape index (κ1) is 17.0. The van der Waals surface area contributed by atoms with Crippen molar-refractivity contribution in [2.75, 3.05) is 24.1 Å². The monoisotopic (exact) mass is 370 g/mol. The molecule has 0 bridgehead atoms. The summed E-state index contributed by atoms with van der Waals surface area (Å²) in [6.45, 7) is 0. The quantitative estimate of drug-likeness (QED) is 0.772. The zero-order chi connectivity index (χ0) is 19.1. The molecule has 2 aliphatic heterocycles. The number of imide groups is 1. The molecule has 0 unspecified atom stereocenters. The number of benzene rings is 2. The first-order chi connectivity index (χ1) is 13.0. The van der Waals surface area contributed by atoms with Crippen LogP contribution in [0.25, 0.3) is 0 Å². The number of ether oxygens (including phenoxy) is 2. The predicted molar refractivity (Wildman–Crippen MR) is 93.4 cm³/mol. The molecule has 0 radical (unpaired) electrons. The van der Waals surface area contributed by atoms with Gasteiger partial charge in [-0.3, -0.25) is 9.59 Å². The molecule has 4 rings (SSSR count). The molecule has 2 aliphatic rings. The lowest BCUT2D eigenvalue weighted by atomic mass is 10.1. The van der Waals surface area contributed by atoms with Crippen LogP contribution in [0.15, 0.2) is 52.8 Å². The number of amides is 2. The van der Waals surface area contributed by atoms with Crippen molar-refractivity contribution in [1.29, 1.82) is 0 Å². The standard InChI is InChI=1S/C18H15FN4O4/c1-26-13-7-12(8-14(9-13)27-2)23-16-15(20-21-23)17(24)22(18(16)25)11-5-3-10(19)4-6-11/h3-9,15-16H,1-2H3/t15-,16-/m0/s1. The molecule has 1 fully saturated rings. The Labute approximate surface area is 153 Å². The van der Waals surface area contributed by atoms with Gasteiger partial charge in [0.25, 0.3) is 11.8 Å². The minimum Gasteiger partial charge on any atom is -0.497 e. The third-order valence-electron chi connectivity index (χ3n) is 4.47. The van der Waals surface area contributed by atoms with Crippen LogP contribution in [0, 0.1) is 5.82 Å². The summed E-state index contributed by atoms with van der Waals surface area (Å²) in [6, 6.07) is 8.28. The Morgan fingerprint density at radius 2 is 1.56 bits per heavy atom. The van der Waals surface area contributed by atoms with Gasteiger partial charge in [-0.25, -0.2) is 14.3 Å². The van der Waals surface area contributed by atoms with Crippen LogP contribution in [0.2, 0.25) is 0 Å². The molecule has 9 heteroatoms. The number of rotatable bonds is 4. The van der Waals surface area contributed by atoms with Crippen LogP contribution < -0.4 is 19.4 Å². The maximum Gasteiger partial charge on any atom is 0.263 e. The summed E-state index contributed by atoms with van der Waals surface area (Å²) in [5.41, 5.74) is 0.795. The van der Waals surface area contributed by atoms with Gasteiger partial charge in [0.1, 0.15) is 17.3 Å². The Bertz CT molecular complexity index is 925. The minimum atomic E-state index is -0.959. The summed E-state index contributed by atoms with van der Waals surface area (Å²) in [6.07, 6.45) is 0. The minimum absolute atomic E-state index is 0.291. The van der Waals surface area contributed by atoms with Crippen molar-refractivity contribution < 1.29 is 23.5 Å². The highest BCUT2D eigenvalue weighted by molar-refractivity contribution is 6.26. The van der Waals surface area contributed by atoms with Gasteiger partial charge in [-0.1, -0.05) is 5.22 Å². The number of anilines is 2. The molecule has 0 aromatic heterocycles. The van der Waals surface area contributed by atoms with Crippen molar-refractivity contribution in [3.63, 3.8) is 0 Å². The van der Waals surface area contributed by atoms with Gasteiger partial charge in [-0.2, -0.15) is 5.11 Å². The molecule has 2 aromatic rings. The first-order valence-corrected chi connectivity index (χ1v) is 8.10. The summed E-state index contributed by atoms with van der Waals surface area (Å²) in [5.74, 6) is -0.422. The number of hydrogen-bond acceptors (Lipinski definition) is 7. The van der Waals surface area contributed by atoms with Gasteiger partial charge < -0.3 is 9.47 Å². The van der Waals surface area contributed by atoms with E-state index in [0.29, 0.717) is 22.9 Å². The van der Waals surface area contributed by atoms with Crippen molar-refractivity contribution in [3.8, 4) is 11.5 Å². The molecule has 0 saturated carbocycles. The van der Waals surface area contributed by atoms with Crippen molar-refractivity contribution in [3.05, 3.63) is 48.3 Å². The average Bonchev–Trinajstić information content (AvgIpc) is 3.23. The van der Waals surface area contributed by atoms with E-state index in [1.165, 1.54) is 43.5 Å². The molecule has 2 aromatic carbocycles. The number of nitrogens with zero attached hydrogens (tertiary/aromatic N) is 4. The highest BCUT2D eigenvalue weighted by atomic mass is 19.1. The molecular formula is C18H15FN4O4. The van der Waals surface area contributed by atoms with E-state index in [9.17, 15) is 14.0 Å². The SMILES string of the molecule is COc1cc(OC)cc(N2N=N[C@@H]3C(=O)N(c4ccc(F)cc4)C(=O)[C@H]32)c1. The molecule has 0 spiro atoms. The van der Waals surface area contributed by atoms with Crippen LogP contribution in [0.4, 0.5) is 15.8 Å². The van der Waals surface area contributed by atoms with Crippen LogP contribution in [-0.4, -0.2) is 38.1 Å². The van der Waals surface area contributed by atoms with E-state index in [4.69, 9.17) is 9.47 Å². The highest BCUT2D eigenvalue weighted by Crippen LogP contribution is 2.37. The normalized spacial score (nSPS) is 21.0. The van der Waals surface area contributed by atoms with Crippen molar-refractivity contribution >= 4 is 23.2 Å². The third-order valence-corrected chi connectivity index (χ3v) is 4.47. The molecule has 138 valence electrons. The maximum absolute atomic E-state index is 13.2. The van der Waals surface area contributed by atoms with E-state index in [1.54, 1.807) is 18.2 Å². The fourth-order valence-electron chi connectivity index (χ4n) is 3.14. The summed E-state index contributed by atoms with van der Waals surface area (Å²) in [4.78, 5) is 26.7. The number of carbonyl (C=O) groups excluding carboxylic acids is 2. The van der Waals surface area contributed by atoms with E-state index in [0.717, 1.165) is 4.90 Å². The van der Waals surface area contributed by atoms with E-state index in [1.807, 2.05) is 0 Å². The zero-order valence-corrected chi connectivity index (χ0v) is 14.5. The van der Waals surface area contributed by atoms with Crippen LogP contribution in [0.5, 0.6) is 11.5 Å². The Balaban J connectivity index is 1.70. The number of hydrogen-bond donors (Lipinski definition) is 0. The molecular weight excluding hydrogens is 355 g/mol. The van der Waals surface area contributed by atoms with Crippen molar-refractivity contribution in [1.82, 2.24) is 0 Å². The maximum atomic E-state index is 13.2. The van der Waals surface area contributed by atoms with Gasteiger partial charge in [0, 0.05) is 18.2 Å². The van der Waals surface area contributed by atoms with Gasteiger partial charge in [0.2, 0.25) is 0 Å². The number of carbonyl (C=O) groups is 2. The van der Waals surface area contributed by atoms with Gasteiger partial charge in [-0.05, 0) is 24.3 Å². The summed E-state index contributed by atoms with van der Waals surface area (Å²) < 4.78 is 23.7. The average molecular weight is 370 g/mol. The fourth-order valence-corrected chi connectivity index (χ4v) is 3.14. The second-order valence-electron chi connectivity index (χ2n) is 6.00. The first-order valence-electron chi connectivity index (χ1n) is 8.10. The molecule has 2 heterocycles. The molecule has 1 saturated heterocycles. The molecule has 0 N–H and O–H groups in total. The molecule has 2 atom stereocenters. The Kier molecular flexibility index (Phi) is 3.98. The summed E-state index contributed by atoms with van der Waals surface area (Å²) >= 11 is 0. The molecule has 0 aliphatic carbocycles. The zero-order valence-electron chi connectivity index (χ0n) is 14.5. The number of fused-ring (bicyclic) bond motifs is 1. The van der Waals surface area contributed by atoms with Gasteiger partial charge in [0.05, 0.1) is 25.6 Å². The van der Waals surface area contributed by atoms with Crippen LogP contribution in [0.3, 0.4) is 0 Å². The molecule has 8 nitrogen and oxygen atoms in total. The summed E-state index contributed by atoms with van der Waals surface area (Å²) in [7, 11) is 3.01. The van der Waals surface area contributed by atoms with Gasteiger partial charge in [0.15, 0.2) is 12.1 Å². The molecule has 27 heavy (non-hydrogen) atoms. The Hall–Kier alpha value is -3.49. The Morgan fingerprint density at radius 1 is 0.926 bits per heavy atom. The second-order valence-corrected chi connectivity index (χ2v) is 6.00. The number of halogens is 1. The lowest BCUT2D eigenvalue weighted by molar-refractivity contribution is -0.121. The van der Waals surface area contributed by atoms with E-state index in [2.05, 4.69) is 10.3 Å². The largest absolute Gasteiger partial charge is 0.497 e. The smallest absolute Gasteiger partial charge is 0.263 e. The van der Waals surface area contributed by atoms with E-state index in [-0.39, 0.29) is 0 Å². The van der Waals surface area contributed by atoms with Crippen LogP contribution in [-0.2, 0) is 9.59 Å². The van der Waals surface area contributed by atoms with Gasteiger partial charge in [-0.15, -0.1) is 0 Å². The van der Waals surface area contributed by atoms with Crippen molar-refractivity contribution in [2.24, 2.45) is 10.3 Å². The lowest BCUT2D eigenvalue weighted by Crippen LogP contribution is -2.39. The Morgan fingerprint density at radius 3 is 2.15 bits per heavy atom. The van der Waals surface area contributed by atoms with Crippen LogP contribution in [0.1, 0.15) is 0 Å². The molecule has 2 amide bonds. The lowest BCUT2D eigenvalue weighted by Gasteiger charge is -2.21. The van der Waals surface area contributed by atoms with E-state index < -0.39 is 29.7 Å².